The van der Waals surface area contributed by atoms with Crippen molar-refractivity contribution in [2.24, 2.45) is 0 Å². The van der Waals surface area contributed by atoms with Crippen LogP contribution in [0.25, 0.3) is 4.85 Å². The van der Waals surface area contributed by atoms with E-state index in [-0.39, 0.29) is 0 Å². The van der Waals surface area contributed by atoms with Crippen molar-refractivity contribution in [3.05, 3.63) is 65.0 Å². The van der Waals surface area contributed by atoms with E-state index < -0.39 is 5.24 Å². The number of hydrogen-bond donors (Lipinski definition) is 0. The van der Waals surface area contributed by atoms with Gasteiger partial charge in [0.2, 0.25) is 0 Å². The molecule has 5 heteroatoms. The van der Waals surface area contributed by atoms with Crippen LogP contribution in [-0.4, -0.2) is 12.4 Å². The monoisotopic (exact) mass is 301 g/mol. The van der Waals surface area contributed by atoms with Crippen LogP contribution in [0.5, 0.6) is 11.5 Å². The SMILES string of the molecule is [C-]#[N+]c1ccc(COc2ccc(C(=O)Cl)cc2OC)cc1. The molecule has 0 saturated heterocycles. The summed E-state index contributed by atoms with van der Waals surface area (Å²) in [5.41, 5.74) is 1.87. The summed E-state index contributed by atoms with van der Waals surface area (Å²) >= 11 is 5.43. The quantitative estimate of drug-likeness (QED) is 0.613. The van der Waals surface area contributed by atoms with Gasteiger partial charge in [0.15, 0.2) is 17.2 Å². The molecule has 4 nitrogen and oxygen atoms in total. The predicted molar refractivity (Wildman–Crippen MR) is 80.2 cm³/mol. The Bertz CT molecular complexity index is 690. The molecule has 0 N–H and O–H groups in total. The molecule has 106 valence electrons. The Balaban J connectivity index is 2.12. The lowest BCUT2D eigenvalue weighted by Gasteiger charge is -2.11. The summed E-state index contributed by atoms with van der Waals surface area (Å²) < 4.78 is 10.9. The van der Waals surface area contributed by atoms with E-state index in [4.69, 9.17) is 27.6 Å². The number of methoxy groups -OCH3 is 1. The van der Waals surface area contributed by atoms with Gasteiger partial charge in [-0.2, -0.15) is 0 Å². The van der Waals surface area contributed by atoms with Crippen LogP contribution in [-0.2, 0) is 6.61 Å². The lowest BCUT2D eigenvalue weighted by Crippen LogP contribution is -1.99. The van der Waals surface area contributed by atoms with E-state index >= 15 is 0 Å². The fourth-order valence-electron chi connectivity index (χ4n) is 1.74. The number of benzene rings is 2. The van der Waals surface area contributed by atoms with E-state index in [1.165, 1.54) is 13.2 Å². The Kier molecular flexibility index (Phi) is 4.81. The number of carbonyl (C=O) groups excluding carboxylic acids is 1. The molecular formula is C16H12ClNO3. The first-order chi connectivity index (χ1) is 10.1. The number of nitrogens with zero attached hydrogens (tertiary/aromatic N) is 1. The molecule has 0 aliphatic heterocycles. The average Bonchev–Trinajstić information content (AvgIpc) is 2.53. The van der Waals surface area contributed by atoms with E-state index in [0.29, 0.717) is 29.4 Å². The van der Waals surface area contributed by atoms with Gasteiger partial charge in [-0.1, -0.05) is 24.3 Å². The molecule has 0 saturated carbocycles. The van der Waals surface area contributed by atoms with Gasteiger partial charge in [-0.15, -0.1) is 0 Å². The van der Waals surface area contributed by atoms with Gasteiger partial charge in [-0.3, -0.25) is 4.79 Å². The largest absolute Gasteiger partial charge is 0.493 e. The number of hydrogen-bond acceptors (Lipinski definition) is 3. The van der Waals surface area contributed by atoms with E-state index in [1.807, 2.05) is 12.1 Å². The summed E-state index contributed by atoms with van der Waals surface area (Å²) in [6.45, 7) is 7.23. The minimum atomic E-state index is -0.547. The number of halogens is 1. The number of carbonyl (C=O) groups is 1. The first kappa shape index (κ1) is 14.9. The number of ether oxygens (including phenoxy) is 2. The molecule has 2 aromatic rings. The van der Waals surface area contributed by atoms with E-state index in [0.717, 1.165) is 5.56 Å². The average molecular weight is 302 g/mol. The van der Waals surface area contributed by atoms with Crippen molar-refractivity contribution in [2.45, 2.75) is 6.61 Å². The van der Waals surface area contributed by atoms with Crippen molar-refractivity contribution in [1.82, 2.24) is 0 Å². The zero-order chi connectivity index (χ0) is 15.2. The van der Waals surface area contributed by atoms with Crippen LogP contribution in [0, 0.1) is 6.57 Å². The molecule has 2 rings (SSSR count). The maximum Gasteiger partial charge on any atom is 0.252 e. The number of rotatable bonds is 5. The van der Waals surface area contributed by atoms with Crippen molar-refractivity contribution < 1.29 is 14.3 Å². The van der Waals surface area contributed by atoms with Gasteiger partial charge in [-0.05, 0) is 35.4 Å². The highest BCUT2D eigenvalue weighted by atomic mass is 35.5. The molecule has 0 radical (unpaired) electrons. The van der Waals surface area contributed by atoms with Crippen LogP contribution >= 0.6 is 11.6 Å². The van der Waals surface area contributed by atoms with E-state index in [1.54, 1.807) is 24.3 Å². The van der Waals surface area contributed by atoms with Crippen LogP contribution in [0.15, 0.2) is 42.5 Å². The Morgan fingerprint density at radius 1 is 1.19 bits per heavy atom. The summed E-state index contributed by atoms with van der Waals surface area (Å²) in [4.78, 5) is 14.4. The van der Waals surface area contributed by atoms with Crippen LogP contribution < -0.4 is 9.47 Å². The molecule has 0 fully saturated rings. The van der Waals surface area contributed by atoms with Crippen molar-refractivity contribution >= 4 is 22.5 Å². The molecule has 0 aromatic heterocycles. The molecule has 0 amide bonds. The van der Waals surface area contributed by atoms with Crippen LogP contribution in [0.4, 0.5) is 5.69 Å². The second-order valence-electron chi connectivity index (χ2n) is 4.21. The van der Waals surface area contributed by atoms with Gasteiger partial charge >= 0.3 is 0 Å². The first-order valence-corrected chi connectivity index (χ1v) is 6.49. The van der Waals surface area contributed by atoms with Crippen LogP contribution in [0.2, 0.25) is 0 Å². The highest BCUT2D eigenvalue weighted by Gasteiger charge is 2.09. The van der Waals surface area contributed by atoms with Gasteiger partial charge in [0.25, 0.3) is 5.24 Å². The van der Waals surface area contributed by atoms with Gasteiger partial charge in [0.1, 0.15) is 6.61 Å². The van der Waals surface area contributed by atoms with Gasteiger partial charge in [0, 0.05) is 5.56 Å². The second kappa shape index (κ2) is 6.78. The lowest BCUT2D eigenvalue weighted by molar-refractivity contribution is 0.108. The molecular weight excluding hydrogens is 290 g/mol. The molecule has 0 unspecified atom stereocenters. The maximum absolute atomic E-state index is 11.1. The van der Waals surface area contributed by atoms with E-state index in [2.05, 4.69) is 4.85 Å². The molecule has 0 spiro atoms. The molecule has 21 heavy (non-hydrogen) atoms. The highest BCUT2D eigenvalue weighted by molar-refractivity contribution is 6.67. The second-order valence-corrected chi connectivity index (χ2v) is 4.55. The third-order valence-electron chi connectivity index (χ3n) is 2.85. The van der Waals surface area contributed by atoms with Crippen molar-refractivity contribution in [1.29, 1.82) is 0 Å². The molecule has 0 heterocycles. The molecule has 0 bridgehead atoms. The summed E-state index contributed by atoms with van der Waals surface area (Å²) in [7, 11) is 1.50. The minimum Gasteiger partial charge on any atom is -0.493 e. The topological polar surface area (TPSA) is 39.9 Å². The normalized spacial score (nSPS) is 9.76. The first-order valence-electron chi connectivity index (χ1n) is 6.11. The van der Waals surface area contributed by atoms with Gasteiger partial charge in [0.05, 0.1) is 13.7 Å². The fourth-order valence-corrected chi connectivity index (χ4v) is 1.85. The molecule has 2 aromatic carbocycles. The van der Waals surface area contributed by atoms with Crippen molar-refractivity contribution in [3.8, 4) is 11.5 Å². The van der Waals surface area contributed by atoms with Crippen molar-refractivity contribution in [2.75, 3.05) is 7.11 Å². The Labute approximate surface area is 127 Å². The van der Waals surface area contributed by atoms with Gasteiger partial charge < -0.3 is 9.47 Å². The summed E-state index contributed by atoms with van der Waals surface area (Å²) in [5.74, 6) is 0.965. The fraction of sp³-hybridized carbons (Fsp3) is 0.125. The molecule has 0 atom stereocenters. The predicted octanol–water partition coefficient (Wildman–Crippen LogP) is 4.20. The maximum atomic E-state index is 11.1. The van der Waals surface area contributed by atoms with Gasteiger partial charge in [-0.25, -0.2) is 4.85 Å². The molecule has 0 aliphatic rings. The Morgan fingerprint density at radius 2 is 1.90 bits per heavy atom. The third-order valence-corrected chi connectivity index (χ3v) is 3.07. The van der Waals surface area contributed by atoms with Crippen molar-refractivity contribution in [3.63, 3.8) is 0 Å². The zero-order valence-corrected chi connectivity index (χ0v) is 12.1. The summed E-state index contributed by atoms with van der Waals surface area (Å²) in [5, 5.41) is -0.547. The Hall–Kier alpha value is -2.51. The highest BCUT2D eigenvalue weighted by Crippen LogP contribution is 2.29. The van der Waals surface area contributed by atoms with Crippen LogP contribution in [0.1, 0.15) is 15.9 Å². The summed E-state index contributed by atoms with van der Waals surface area (Å²) in [6.07, 6.45) is 0. The van der Waals surface area contributed by atoms with Crippen LogP contribution in [0.3, 0.4) is 0 Å². The summed E-state index contributed by atoms with van der Waals surface area (Å²) in [6, 6.07) is 11.9. The smallest absolute Gasteiger partial charge is 0.252 e. The Morgan fingerprint density at radius 3 is 2.48 bits per heavy atom. The minimum absolute atomic E-state index is 0.336. The third kappa shape index (κ3) is 3.74. The lowest BCUT2D eigenvalue weighted by atomic mass is 10.2. The standard InChI is InChI=1S/C16H12ClNO3/c1-18-13-6-3-11(4-7-13)10-21-14-8-5-12(16(17)19)9-15(14)20-2/h3-9H,10H2,2H3. The molecule has 0 aliphatic carbocycles. The van der Waals surface area contributed by atoms with E-state index in [9.17, 15) is 4.79 Å². The zero-order valence-electron chi connectivity index (χ0n) is 11.3.